The fourth-order valence-corrected chi connectivity index (χ4v) is 7.14. The van der Waals surface area contributed by atoms with Gasteiger partial charge in [-0.1, -0.05) is 47.8 Å². The largest absolute Gasteiger partial charge is 0.463 e. The fourth-order valence-electron chi connectivity index (χ4n) is 2.26. The summed E-state index contributed by atoms with van der Waals surface area (Å²) in [4.78, 5) is 60.5. The van der Waals surface area contributed by atoms with Crippen LogP contribution in [0.3, 0.4) is 0 Å². The summed E-state index contributed by atoms with van der Waals surface area (Å²) < 4.78 is 11.1. The number of esters is 2. The number of carbonyl (C=O) groups excluding carboxylic acids is 5. The van der Waals surface area contributed by atoms with Gasteiger partial charge in [0.2, 0.25) is 5.91 Å². The molecule has 0 atom stereocenters. The molecular formula is C18H17Br3I3N3O7. The maximum absolute atomic E-state index is 13.0. The van der Waals surface area contributed by atoms with Crippen LogP contribution in [0.15, 0.2) is 0 Å². The quantitative estimate of drug-likeness (QED) is 0.127. The zero-order valence-electron chi connectivity index (χ0n) is 17.1. The molecule has 0 saturated carbocycles. The topological polar surface area (TPSA) is 140 Å². The molecule has 34 heavy (non-hydrogen) atoms. The van der Waals surface area contributed by atoms with Gasteiger partial charge in [0.1, 0.15) is 23.9 Å². The standard InChI is InChI=1S/C18H17Br3I3N3O7/c19-5-8(28)27-16-14(23)11(17(31)25-1-3-33-9(29)6-20)13(22)12(15(16)24)18(32)26-2-4-34-10(30)7-21/h1-7H2,(H,25,31)(H,26,32)(H,27,28). The Balaban J connectivity index is 3.23. The Bertz CT molecular complexity index is 903. The van der Waals surface area contributed by atoms with Crippen molar-refractivity contribution in [2.75, 3.05) is 47.6 Å². The summed E-state index contributed by atoms with van der Waals surface area (Å²) >= 11 is 14.8. The van der Waals surface area contributed by atoms with Gasteiger partial charge in [-0.3, -0.25) is 24.0 Å². The second-order valence-electron chi connectivity index (χ2n) is 5.97. The van der Waals surface area contributed by atoms with Crippen LogP contribution in [0.5, 0.6) is 0 Å². The number of benzene rings is 1. The number of anilines is 1. The van der Waals surface area contributed by atoms with Crippen LogP contribution >= 0.6 is 116 Å². The van der Waals surface area contributed by atoms with Crippen LogP contribution < -0.4 is 16.0 Å². The van der Waals surface area contributed by atoms with Gasteiger partial charge in [-0.25, -0.2) is 0 Å². The van der Waals surface area contributed by atoms with Gasteiger partial charge in [0.05, 0.1) is 42.4 Å². The monoisotopic (exact) mass is 1000 g/mol. The Kier molecular flexibility index (Phi) is 16.0. The smallest absolute Gasteiger partial charge is 0.316 e. The van der Waals surface area contributed by atoms with Crippen LogP contribution in [0.25, 0.3) is 0 Å². The summed E-state index contributed by atoms with van der Waals surface area (Å²) in [7, 11) is 0. The van der Waals surface area contributed by atoms with E-state index in [9.17, 15) is 24.0 Å². The fraction of sp³-hybridized carbons (Fsp3) is 0.389. The van der Waals surface area contributed by atoms with E-state index in [4.69, 9.17) is 9.47 Å². The minimum atomic E-state index is -0.505. The molecule has 188 valence electrons. The Morgan fingerprint density at radius 1 is 0.676 bits per heavy atom. The molecule has 0 saturated heterocycles. The first-order valence-electron chi connectivity index (χ1n) is 9.14. The highest BCUT2D eigenvalue weighted by atomic mass is 127. The lowest BCUT2D eigenvalue weighted by Crippen LogP contribution is -2.33. The number of rotatable bonds is 12. The highest BCUT2D eigenvalue weighted by Gasteiger charge is 2.28. The molecule has 1 aromatic carbocycles. The maximum Gasteiger partial charge on any atom is 0.316 e. The van der Waals surface area contributed by atoms with Gasteiger partial charge in [-0.15, -0.1) is 0 Å². The molecule has 0 spiro atoms. The third kappa shape index (κ3) is 9.92. The molecule has 0 aliphatic carbocycles. The van der Waals surface area contributed by atoms with Gasteiger partial charge in [-0.2, -0.15) is 0 Å². The predicted octanol–water partition coefficient (Wildman–Crippen LogP) is 3.17. The summed E-state index contributed by atoms with van der Waals surface area (Å²) in [6, 6.07) is 0. The van der Waals surface area contributed by atoms with E-state index in [0.29, 0.717) is 16.4 Å². The van der Waals surface area contributed by atoms with Crippen molar-refractivity contribution in [3.63, 3.8) is 0 Å². The molecule has 3 amide bonds. The molecule has 1 rings (SSSR count). The van der Waals surface area contributed by atoms with E-state index in [2.05, 4.69) is 63.7 Å². The molecule has 0 aromatic heterocycles. The highest BCUT2D eigenvalue weighted by Crippen LogP contribution is 2.35. The van der Waals surface area contributed by atoms with Gasteiger partial charge in [0.25, 0.3) is 11.8 Å². The first-order valence-corrected chi connectivity index (χ1v) is 15.7. The van der Waals surface area contributed by atoms with Gasteiger partial charge in [0.15, 0.2) is 0 Å². The number of amides is 3. The van der Waals surface area contributed by atoms with Crippen LogP contribution in [-0.2, 0) is 23.9 Å². The zero-order valence-corrected chi connectivity index (χ0v) is 28.3. The van der Waals surface area contributed by atoms with E-state index in [0.717, 1.165) is 0 Å². The highest BCUT2D eigenvalue weighted by molar-refractivity contribution is 14.1. The predicted molar refractivity (Wildman–Crippen MR) is 161 cm³/mol. The molecule has 0 bridgehead atoms. The summed E-state index contributed by atoms with van der Waals surface area (Å²) in [6.45, 7) is 0.0568. The van der Waals surface area contributed by atoms with Gasteiger partial charge >= 0.3 is 11.9 Å². The number of hydrogen-bond donors (Lipinski definition) is 3. The zero-order chi connectivity index (χ0) is 25.8. The van der Waals surface area contributed by atoms with Gasteiger partial charge in [-0.05, 0) is 67.8 Å². The van der Waals surface area contributed by atoms with Crippen molar-refractivity contribution in [3.8, 4) is 0 Å². The second kappa shape index (κ2) is 16.8. The van der Waals surface area contributed by atoms with Crippen molar-refractivity contribution in [2.45, 2.75) is 0 Å². The molecule has 1 aromatic rings. The lowest BCUT2D eigenvalue weighted by molar-refractivity contribution is -0.141. The van der Waals surface area contributed by atoms with Crippen LogP contribution in [0.4, 0.5) is 5.69 Å². The van der Waals surface area contributed by atoms with Crippen LogP contribution in [0.1, 0.15) is 20.7 Å². The number of alkyl halides is 3. The third-order valence-corrected chi connectivity index (χ3v) is 8.34. The molecule has 10 nitrogen and oxygen atoms in total. The van der Waals surface area contributed by atoms with Crippen molar-refractivity contribution in [2.24, 2.45) is 0 Å². The first-order chi connectivity index (χ1) is 16.1. The van der Waals surface area contributed by atoms with Crippen molar-refractivity contribution < 1.29 is 33.4 Å². The molecule has 0 fully saturated rings. The Morgan fingerprint density at radius 3 is 1.44 bits per heavy atom. The van der Waals surface area contributed by atoms with Gasteiger partial charge < -0.3 is 25.4 Å². The summed E-state index contributed by atoms with van der Waals surface area (Å²) in [5, 5.41) is 8.12. The van der Waals surface area contributed by atoms with E-state index in [-0.39, 0.29) is 59.3 Å². The Morgan fingerprint density at radius 2 is 1.09 bits per heavy atom. The van der Waals surface area contributed by atoms with Crippen molar-refractivity contribution in [1.82, 2.24) is 10.6 Å². The minimum Gasteiger partial charge on any atom is -0.463 e. The molecule has 0 radical (unpaired) electrons. The maximum atomic E-state index is 13.0. The molecule has 0 heterocycles. The van der Waals surface area contributed by atoms with Crippen LogP contribution in [0, 0.1) is 10.7 Å². The normalized spacial score (nSPS) is 10.3. The van der Waals surface area contributed by atoms with E-state index in [1.54, 1.807) is 0 Å². The molecule has 0 aliphatic rings. The van der Waals surface area contributed by atoms with E-state index in [1.165, 1.54) is 0 Å². The van der Waals surface area contributed by atoms with Crippen LogP contribution in [0.2, 0.25) is 0 Å². The van der Waals surface area contributed by atoms with E-state index in [1.807, 2.05) is 67.8 Å². The number of nitrogens with one attached hydrogen (secondary N) is 3. The number of carbonyl (C=O) groups is 5. The summed E-state index contributed by atoms with van der Waals surface area (Å²) in [6.07, 6.45) is 0. The molecule has 0 aliphatic heterocycles. The molecular weight excluding hydrogens is 991 g/mol. The van der Waals surface area contributed by atoms with Crippen molar-refractivity contribution in [3.05, 3.63) is 21.8 Å². The molecule has 0 unspecified atom stereocenters. The number of hydrogen-bond acceptors (Lipinski definition) is 7. The van der Waals surface area contributed by atoms with E-state index >= 15 is 0 Å². The average molecular weight is 1010 g/mol. The van der Waals surface area contributed by atoms with Gasteiger partial charge in [0, 0.05) is 3.57 Å². The number of halogens is 6. The average Bonchev–Trinajstić information content (AvgIpc) is 2.81. The first kappa shape index (κ1) is 32.2. The van der Waals surface area contributed by atoms with Crippen LogP contribution in [-0.4, -0.2) is 72.0 Å². The van der Waals surface area contributed by atoms with Crippen molar-refractivity contribution >= 4 is 151 Å². The summed E-state index contributed by atoms with van der Waals surface area (Å²) in [5.74, 6) is -2.30. The Labute approximate surface area is 261 Å². The lowest BCUT2D eigenvalue weighted by atomic mass is 10.1. The SMILES string of the molecule is O=C(CBr)Nc1c(I)c(C(=O)NCCOC(=O)CBr)c(I)c(C(=O)NCCOC(=O)CBr)c1I. The summed E-state index contributed by atoms with van der Waals surface area (Å²) in [5.41, 5.74) is 0.696. The molecule has 3 N–H and O–H groups in total. The molecule has 16 heteroatoms. The minimum absolute atomic E-state index is 0.0199. The lowest BCUT2D eigenvalue weighted by Gasteiger charge is -2.19. The van der Waals surface area contributed by atoms with Crippen molar-refractivity contribution in [1.29, 1.82) is 0 Å². The Hall–Kier alpha value is 0.200. The number of ether oxygens (including phenoxy) is 2. The third-order valence-electron chi connectivity index (χ3n) is 3.68. The second-order valence-corrected chi connectivity index (χ2v) is 10.9. The van der Waals surface area contributed by atoms with E-state index < -0.39 is 23.8 Å².